The lowest BCUT2D eigenvalue weighted by atomic mass is 9.87. The van der Waals surface area contributed by atoms with E-state index in [0.717, 1.165) is 42.0 Å². The molecular formula is C28H39N3O2. The van der Waals surface area contributed by atoms with Crippen molar-refractivity contribution < 1.29 is 9.53 Å². The summed E-state index contributed by atoms with van der Waals surface area (Å²) in [5.74, 6) is 2.01. The van der Waals surface area contributed by atoms with Gasteiger partial charge in [0, 0.05) is 24.9 Å². The number of hydrogen-bond donors (Lipinski definition) is 1. The molecule has 0 saturated heterocycles. The van der Waals surface area contributed by atoms with Crippen LogP contribution >= 0.6 is 0 Å². The third-order valence-electron chi connectivity index (χ3n) is 5.81. The van der Waals surface area contributed by atoms with Crippen LogP contribution in [0.4, 0.5) is 0 Å². The predicted molar refractivity (Wildman–Crippen MR) is 136 cm³/mol. The second kappa shape index (κ2) is 10.4. The van der Waals surface area contributed by atoms with Crippen molar-refractivity contribution in [2.24, 2.45) is 5.41 Å². The summed E-state index contributed by atoms with van der Waals surface area (Å²) in [5, 5.41) is 3.04. The van der Waals surface area contributed by atoms with Crippen LogP contribution in [-0.4, -0.2) is 28.6 Å². The highest BCUT2D eigenvalue weighted by atomic mass is 16.5. The average Bonchev–Trinajstić information content (AvgIpc) is 3.10. The minimum atomic E-state index is -0.382. The lowest BCUT2D eigenvalue weighted by molar-refractivity contribution is -0.128. The molecule has 0 fully saturated rings. The number of aryl methyl sites for hydroxylation is 1. The van der Waals surface area contributed by atoms with Crippen LogP contribution in [-0.2, 0) is 23.2 Å². The van der Waals surface area contributed by atoms with Gasteiger partial charge in [-0.1, -0.05) is 65.8 Å². The Morgan fingerprint density at radius 2 is 1.67 bits per heavy atom. The van der Waals surface area contributed by atoms with Gasteiger partial charge in [-0.05, 0) is 48.1 Å². The van der Waals surface area contributed by atoms with Crippen LogP contribution in [0.2, 0.25) is 0 Å². The Morgan fingerprint density at radius 1 is 0.970 bits per heavy atom. The van der Waals surface area contributed by atoms with E-state index in [1.165, 1.54) is 5.56 Å². The van der Waals surface area contributed by atoms with Crippen molar-refractivity contribution >= 4 is 16.9 Å². The second-order valence-electron chi connectivity index (χ2n) is 10.8. The molecule has 33 heavy (non-hydrogen) atoms. The molecule has 1 aromatic heterocycles. The number of para-hydroxylation sites is 2. The molecule has 5 nitrogen and oxygen atoms in total. The molecule has 1 N–H and O–H groups in total. The van der Waals surface area contributed by atoms with Crippen molar-refractivity contribution in [3.8, 4) is 5.75 Å². The molecule has 3 aromatic rings. The van der Waals surface area contributed by atoms with Gasteiger partial charge >= 0.3 is 0 Å². The molecule has 3 rings (SSSR count). The SMILES string of the molecule is CC(C)(C)C(=O)NCCc1nc2ccccc2n1CCCCOc1ccc(C(C)(C)C)cc1. The summed E-state index contributed by atoms with van der Waals surface area (Å²) in [6.07, 6.45) is 2.68. The Morgan fingerprint density at radius 3 is 2.33 bits per heavy atom. The van der Waals surface area contributed by atoms with E-state index in [9.17, 15) is 4.79 Å². The number of nitrogens with zero attached hydrogens (tertiary/aromatic N) is 2. The summed E-state index contributed by atoms with van der Waals surface area (Å²) in [5.41, 5.74) is 3.23. The molecule has 0 bridgehead atoms. The fraction of sp³-hybridized carbons (Fsp3) is 0.500. The highest BCUT2D eigenvalue weighted by Crippen LogP contribution is 2.24. The minimum absolute atomic E-state index is 0.0674. The van der Waals surface area contributed by atoms with Crippen LogP contribution in [0.1, 0.15) is 65.8 Å². The van der Waals surface area contributed by atoms with Gasteiger partial charge in [0.25, 0.3) is 0 Å². The summed E-state index contributed by atoms with van der Waals surface area (Å²) >= 11 is 0. The fourth-order valence-corrected chi connectivity index (χ4v) is 3.73. The van der Waals surface area contributed by atoms with E-state index in [-0.39, 0.29) is 16.7 Å². The number of amides is 1. The Bertz CT molecular complexity index is 1050. The van der Waals surface area contributed by atoms with Crippen LogP contribution in [0.5, 0.6) is 5.75 Å². The van der Waals surface area contributed by atoms with E-state index in [1.807, 2.05) is 32.9 Å². The second-order valence-corrected chi connectivity index (χ2v) is 10.8. The number of hydrogen-bond acceptors (Lipinski definition) is 3. The van der Waals surface area contributed by atoms with Crippen LogP contribution in [0.15, 0.2) is 48.5 Å². The van der Waals surface area contributed by atoms with Gasteiger partial charge < -0.3 is 14.6 Å². The first kappa shape index (κ1) is 24.8. The van der Waals surface area contributed by atoms with Crippen molar-refractivity contribution in [3.05, 3.63) is 59.9 Å². The minimum Gasteiger partial charge on any atom is -0.494 e. The molecule has 178 valence electrons. The van der Waals surface area contributed by atoms with Gasteiger partial charge in [-0.3, -0.25) is 4.79 Å². The number of nitrogens with one attached hydrogen (secondary N) is 1. The molecule has 0 unspecified atom stereocenters. The number of aromatic nitrogens is 2. The van der Waals surface area contributed by atoms with Crippen LogP contribution in [0.25, 0.3) is 11.0 Å². The van der Waals surface area contributed by atoms with E-state index in [4.69, 9.17) is 9.72 Å². The van der Waals surface area contributed by atoms with Gasteiger partial charge in [0.2, 0.25) is 5.91 Å². The van der Waals surface area contributed by atoms with Crippen LogP contribution in [0.3, 0.4) is 0 Å². The zero-order valence-electron chi connectivity index (χ0n) is 21.1. The molecular weight excluding hydrogens is 410 g/mol. The Balaban J connectivity index is 1.54. The number of fused-ring (bicyclic) bond motifs is 1. The first-order valence-electron chi connectivity index (χ1n) is 12.0. The number of benzene rings is 2. The zero-order chi connectivity index (χ0) is 24.1. The smallest absolute Gasteiger partial charge is 0.225 e. The maximum atomic E-state index is 12.2. The molecule has 5 heteroatoms. The van der Waals surface area contributed by atoms with E-state index in [2.05, 4.69) is 67.1 Å². The molecule has 1 amide bonds. The Hall–Kier alpha value is -2.82. The van der Waals surface area contributed by atoms with Crippen molar-refractivity contribution in [2.75, 3.05) is 13.2 Å². The maximum absolute atomic E-state index is 12.2. The lowest BCUT2D eigenvalue weighted by Crippen LogP contribution is -2.36. The number of ether oxygens (including phenoxy) is 1. The fourth-order valence-electron chi connectivity index (χ4n) is 3.73. The lowest BCUT2D eigenvalue weighted by Gasteiger charge is -2.19. The summed E-state index contributed by atoms with van der Waals surface area (Å²) in [4.78, 5) is 17.0. The number of unbranched alkanes of at least 4 members (excludes halogenated alkanes) is 1. The number of imidazole rings is 1. The maximum Gasteiger partial charge on any atom is 0.225 e. The molecule has 0 saturated carbocycles. The third kappa shape index (κ3) is 6.83. The normalized spacial score (nSPS) is 12.2. The Labute approximate surface area is 198 Å². The standard InChI is InChI=1S/C28H39N3O2/c1-27(2,3)21-13-15-22(16-14-21)33-20-10-9-19-31-24-12-8-7-11-23(24)30-25(31)17-18-29-26(32)28(4,5)6/h7-8,11-16H,9-10,17-20H2,1-6H3,(H,29,32). The molecule has 2 aromatic carbocycles. The number of rotatable bonds is 9. The molecule has 0 aliphatic carbocycles. The first-order chi connectivity index (χ1) is 15.6. The van der Waals surface area contributed by atoms with Crippen LogP contribution < -0.4 is 10.1 Å². The van der Waals surface area contributed by atoms with Gasteiger partial charge in [-0.25, -0.2) is 4.98 Å². The summed E-state index contributed by atoms with van der Waals surface area (Å²) < 4.78 is 8.25. The number of carbonyl (C=O) groups is 1. The van der Waals surface area contributed by atoms with Gasteiger partial charge in [0.15, 0.2) is 0 Å². The third-order valence-corrected chi connectivity index (χ3v) is 5.81. The van der Waals surface area contributed by atoms with Gasteiger partial charge in [-0.2, -0.15) is 0 Å². The highest BCUT2D eigenvalue weighted by molar-refractivity contribution is 5.81. The predicted octanol–water partition coefficient (Wildman–Crippen LogP) is 5.90. The summed E-state index contributed by atoms with van der Waals surface area (Å²) in [6.45, 7) is 14.6. The average molecular weight is 450 g/mol. The van der Waals surface area contributed by atoms with Crippen LogP contribution in [0, 0.1) is 5.41 Å². The monoisotopic (exact) mass is 449 g/mol. The number of carbonyl (C=O) groups excluding carboxylic acids is 1. The van der Waals surface area contributed by atoms with Gasteiger partial charge in [-0.15, -0.1) is 0 Å². The molecule has 0 aliphatic rings. The van der Waals surface area contributed by atoms with Crippen molar-refractivity contribution in [2.45, 2.75) is 72.8 Å². The van der Waals surface area contributed by atoms with E-state index >= 15 is 0 Å². The summed E-state index contributed by atoms with van der Waals surface area (Å²) in [7, 11) is 0. The highest BCUT2D eigenvalue weighted by Gasteiger charge is 2.20. The van der Waals surface area contributed by atoms with Gasteiger partial charge in [0.1, 0.15) is 11.6 Å². The van der Waals surface area contributed by atoms with E-state index < -0.39 is 0 Å². The summed E-state index contributed by atoms with van der Waals surface area (Å²) in [6, 6.07) is 16.7. The zero-order valence-corrected chi connectivity index (χ0v) is 21.1. The van der Waals surface area contributed by atoms with Gasteiger partial charge in [0.05, 0.1) is 17.6 Å². The Kier molecular flexibility index (Phi) is 7.83. The quantitative estimate of drug-likeness (QED) is 0.414. The van der Waals surface area contributed by atoms with Crippen molar-refractivity contribution in [3.63, 3.8) is 0 Å². The largest absolute Gasteiger partial charge is 0.494 e. The molecule has 1 heterocycles. The molecule has 0 atom stereocenters. The molecule has 0 spiro atoms. The molecule has 0 aliphatic heterocycles. The van der Waals surface area contributed by atoms with Crippen molar-refractivity contribution in [1.82, 2.24) is 14.9 Å². The first-order valence-corrected chi connectivity index (χ1v) is 12.0. The molecule has 0 radical (unpaired) electrons. The van der Waals surface area contributed by atoms with E-state index in [1.54, 1.807) is 0 Å². The topological polar surface area (TPSA) is 56.2 Å². The van der Waals surface area contributed by atoms with Crippen molar-refractivity contribution in [1.29, 1.82) is 0 Å². The van der Waals surface area contributed by atoms with E-state index in [0.29, 0.717) is 19.6 Å².